The molecule has 1 amide bonds. The summed E-state index contributed by atoms with van der Waals surface area (Å²) in [5.41, 5.74) is 0.395. The van der Waals surface area contributed by atoms with Gasteiger partial charge in [0.25, 0.3) is 5.91 Å². The van der Waals surface area contributed by atoms with Gasteiger partial charge in [-0.2, -0.15) is 4.31 Å². The molecule has 8 heteroatoms. The maximum Gasteiger partial charge on any atom is 0.254 e. The molecule has 0 radical (unpaired) electrons. The number of benzene rings is 1. The first kappa shape index (κ1) is 19.1. The fourth-order valence-electron chi connectivity index (χ4n) is 3.80. The number of rotatable bonds is 6. The van der Waals surface area contributed by atoms with Crippen LogP contribution in [-0.2, 0) is 10.0 Å². The molecule has 144 valence electrons. The van der Waals surface area contributed by atoms with Crippen LogP contribution in [0.3, 0.4) is 0 Å². The number of nitrogens with zero attached hydrogens (tertiary/aromatic N) is 2. The first-order valence-electron chi connectivity index (χ1n) is 9.13. The highest BCUT2D eigenvalue weighted by Crippen LogP contribution is 2.31. The largest absolute Gasteiger partial charge is 0.495 e. The van der Waals surface area contributed by atoms with E-state index in [1.165, 1.54) is 17.5 Å². The number of amides is 1. The normalized spacial score (nSPS) is 21.3. The molecular formula is C18H27N3O4S. The predicted molar refractivity (Wildman–Crippen MR) is 99.0 cm³/mol. The number of sulfonamides is 1. The molecule has 2 saturated heterocycles. The Bertz CT molecular complexity index is 760. The van der Waals surface area contributed by atoms with Crippen LogP contribution in [0.5, 0.6) is 5.75 Å². The van der Waals surface area contributed by atoms with Gasteiger partial charge in [0, 0.05) is 37.8 Å². The fourth-order valence-corrected chi connectivity index (χ4v) is 5.49. The Hall–Kier alpha value is -1.64. The Labute approximate surface area is 155 Å². The van der Waals surface area contributed by atoms with E-state index in [0.29, 0.717) is 25.2 Å². The summed E-state index contributed by atoms with van der Waals surface area (Å²) in [5.74, 6) is 0.157. The lowest BCUT2D eigenvalue weighted by Gasteiger charge is -2.25. The van der Waals surface area contributed by atoms with E-state index in [0.717, 1.165) is 32.2 Å². The summed E-state index contributed by atoms with van der Waals surface area (Å²) in [6.45, 7) is 2.46. The minimum atomic E-state index is -3.66. The van der Waals surface area contributed by atoms with E-state index in [9.17, 15) is 13.2 Å². The van der Waals surface area contributed by atoms with Gasteiger partial charge in [-0.25, -0.2) is 8.42 Å². The second-order valence-electron chi connectivity index (χ2n) is 6.83. The zero-order valence-corrected chi connectivity index (χ0v) is 16.2. The summed E-state index contributed by atoms with van der Waals surface area (Å²) in [5, 5.41) is 3.12. The van der Waals surface area contributed by atoms with Crippen LogP contribution >= 0.6 is 0 Å². The Morgan fingerprint density at radius 1 is 1.23 bits per heavy atom. The number of nitrogens with one attached hydrogen (secondary N) is 1. The predicted octanol–water partition coefficient (Wildman–Crippen LogP) is 1.30. The molecule has 0 aromatic heterocycles. The van der Waals surface area contributed by atoms with Crippen LogP contribution in [0.25, 0.3) is 0 Å². The maximum absolute atomic E-state index is 13.0. The highest BCUT2D eigenvalue weighted by Gasteiger charge is 2.33. The lowest BCUT2D eigenvalue weighted by Crippen LogP contribution is -2.40. The lowest BCUT2D eigenvalue weighted by molar-refractivity contribution is 0.0736. The van der Waals surface area contributed by atoms with E-state index in [4.69, 9.17) is 4.74 Å². The zero-order chi connectivity index (χ0) is 18.7. The van der Waals surface area contributed by atoms with Crippen molar-refractivity contribution >= 4 is 15.9 Å². The van der Waals surface area contributed by atoms with E-state index in [1.54, 1.807) is 12.1 Å². The van der Waals surface area contributed by atoms with Crippen LogP contribution in [0.2, 0.25) is 0 Å². The van der Waals surface area contributed by atoms with Gasteiger partial charge in [-0.15, -0.1) is 0 Å². The summed E-state index contributed by atoms with van der Waals surface area (Å²) in [6, 6.07) is 4.86. The van der Waals surface area contributed by atoms with Crippen LogP contribution in [0.4, 0.5) is 0 Å². The molecule has 7 nitrogen and oxygen atoms in total. The first-order chi connectivity index (χ1) is 12.5. The summed E-state index contributed by atoms with van der Waals surface area (Å²) < 4.78 is 32.7. The molecule has 2 heterocycles. The Morgan fingerprint density at radius 3 is 2.62 bits per heavy atom. The van der Waals surface area contributed by atoms with Crippen LogP contribution in [0.1, 0.15) is 36.0 Å². The number of ether oxygens (including phenoxy) is 1. The third-order valence-corrected chi connectivity index (χ3v) is 7.09. The minimum Gasteiger partial charge on any atom is -0.495 e. The van der Waals surface area contributed by atoms with E-state index >= 15 is 0 Å². The smallest absolute Gasteiger partial charge is 0.254 e. The average Bonchev–Trinajstić information content (AvgIpc) is 3.33. The molecule has 2 aliphatic heterocycles. The van der Waals surface area contributed by atoms with Gasteiger partial charge in [0.2, 0.25) is 10.0 Å². The number of carbonyl (C=O) groups is 1. The third-order valence-electron chi connectivity index (χ3n) is 5.17. The quantitative estimate of drug-likeness (QED) is 0.804. The van der Waals surface area contributed by atoms with Crippen LogP contribution in [-0.4, -0.2) is 69.9 Å². The van der Waals surface area contributed by atoms with Crippen LogP contribution < -0.4 is 10.1 Å². The lowest BCUT2D eigenvalue weighted by atomic mass is 10.1. The number of likely N-dealkylation sites (N-methyl/N-ethyl adjacent to an activating group) is 1. The van der Waals surface area contributed by atoms with Crippen LogP contribution in [0, 0.1) is 0 Å². The molecule has 3 rings (SSSR count). The molecule has 2 fully saturated rings. The van der Waals surface area contributed by atoms with Gasteiger partial charge < -0.3 is 15.0 Å². The van der Waals surface area contributed by atoms with Crippen molar-refractivity contribution in [2.75, 3.05) is 40.3 Å². The van der Waals surface area contributed by atoms with E-state index in [1.807, 2.05) is 11.9 Å². The molecule has 2 aliphatic rings. The summed E-state index contributed by atoms with van der Waals surface area (Å²) in [7, 11) is -0.342. The molecule has 1 N–H and O–H groups in total. The van der Waals surface area contributed by atoms with Gasteiger partial charge in [-0.05, 0) is 50.9 Å². The molecule has 0 aliphatic carbocycles. The summed E-state index contributed by atoms with van der Waals surface area (Å²) >= 11 is 0. The summed E-state index contributed by atoms with van der Waals surface area (Å²) in [4.78, 5) is 14.9. The second kappa shape index (κ2) is 7.94. The van der Waals surface area contributed by atoms with Gasteiger partial charge in [-0.1, -0.05) is 0 Å². The van der Waals surface area contributed by atoms with E-state index < -0.39 is 10.0 Å². The molecule has 1 atom stereocenters. The van der Waals surface area contributed by atoms with E-state index in [2.05, 4.69) is 5.32 Å². The monoisotopic (exact) mass is 381 g/mol. The third kappa shape index (κ3) is 3.58. The number of hydrogen-bond acceptors (Lipinski definition) is 5. The molecular weight excluding hydrogens is 354 g/mol. The standard InChI is InChI=1S/C18H27N3O4S/c1-19-13-15-6-5-11-21(15)18(22)14-7-8-16(25-2)17(12-14)26(23,24)20-9-3-4-10-20/h7-8,12,15,19H,3-6,9-11,13H2,1-2H3. The van der Waals surface area contributed by atoms with Gasteiger partial charge in [0.15, 0.2) is 0 Å². The van der Waals surface area contributed by atoms with Gasteiger partial charge in [0.05, 0.1) is 7.11 Å². The van der Waals surface area contributed by atoms with Crippen molar-refractivity contribution in [1.82, 2.24) is 14.5 Å². The molecule has 0 bridgehead atoms. The van der Waals surface area contributed by atoms with Crippen molar-refractivity contribution in [3.63, 3.8) is 0 Å². The molecule has 1 unspecified atom stereocenters. The second-order valence-corrected chi connectivity index (χ2v) is 8.74. The van der Waals surface area contributed by atoms with Crippen molar-refractivity contribution in [2.24, 2.45) is 0 Å². The van der Waals surface area contributed by atoms with Crippen molar-refractivity contribution in [2.45, 2.75) is 36.6 Å². The van der Waals surface area contributed by atoms with Gasteiger partial charge in [0.1, 0.15) is 10.6 Å². The van der Waals surface area contributed by atoms with Crippen LogP contribution in [0.15, 0.2) is 23.1 Å². The number of carbonyl (C=O) groups excluding carboxylic acids is 1. The van der Waals surface area contributed by atoms with Gasteiger partial charge in [-0.3, -0.25) is 4.79 Å². The highest BCUT2D eigenvalue weighted by atomic mass is 32.2. The molecule has 0 saturated carbocycles. The summed E-state index contributed by atoms with van der Waals surface area (Å²) in [6.07, 6.45) is 3.65. The fraction of sp³-hybridized carbons (Fsp3) is 0.611. The van der Waals surface area contributed by atoms with E-state index in [-0.39, 0.29) is 22.6 Å². The molecule has 1 aromatic carbocycles. The number of likely N-dealkylation sites (tertiary alicyclic amines) is 1. The number of hydrogen-bond donors (Lipinski definition) is 1. The van der Waals surface area contributed by atoms with Crippen molar-refractivity contribution in [3.8, 4) is 5.75 Å². The van der Waals surface area contributed by atoms with Gasteiger partial charge >= 0.3 is 0 Å². The molecule has 26 heavy (non-hydrogen) atoms. The van der Waals surface area contributed by atoms with Crippen molar-refractivity contribution in [3.05, 3.63) is 23.8 Å². The van der Waals surface area contributed by atoms with Crippen molar-refractivity contribution < 1.29 is 17.9 Å². The average molecular weight is 381 g/mol. The Balaban J connectivity index is 1.93. The first-order valence-corrected chi connectivity index (χ1v) is 10.6. The van der Waals surface area contributed by atoms with Crippen molar-refractivity contribution in [1.29, 1.82) is 0 Å². The topological polar surface area (TPSA) is 79.0 Å². The SMILES string of the molecule is CNCC1CCCN1C(=O)c1ccc(OC)c(S(=O)(=O)N2CCCC2)c1. The Kier molecular flexibility index (Phi) is 5.84. The maximum atomic E-state index is 13.0. The Morgan fingerprint density at radius 2 is 1.96 bits per heavy atom. The molecule has 0 spiro atoms. The molecule has 1 aromatic rings. The number of methoxy groups -OCH3 is 1. The zero-order valence-electron chi connectivity index (χ0n) is 15.4. The highest BCUT2D eigenvalue weighted by molar-refractivity contribution is 7.89. The minimum absolute atomic E-state index is 0.0807.